The fraction of sp³-hybridized carbons (Fsp3) is 0.488. The van der Waals surface area contributed by atoms with Gasteiger partial charge in [0, 0.05) is 47.7 Å². The van der Waals surface area contributed by atoms with Crippen molar-refractivity contribution in [1.82, 2.24) is 20.1 Å². The molecule has 0 spiro atoms. The van der Waals surface area contributed by atoms with Gasteiger partial charge in [0.2, 0.25) is 11.7 Å². The lowest BCUT2D eigenvalue weighted by Crippen LogP contribution is -2.35. The number of nitrogens with one attached hydrogen (secondary N) is 2. The highest BCUT2D eigenvalue weighted by Crippen LogP contribution is 2.46. The quantitative estimate of drug-likeness (QED) is 0.0657. The van der Waals surface area contributed by atoms with Gasteiger partial charge in [0.1, 0.15) is 35.2 Å². The van der Waals surface area contributed by atoms with Crippen molar-refractivity contribution in [2.45, 2.75) is 125 Å². The second-order valence-electron chi connectivity index (χ2n) is 17.5. The molecule has 2 heterocycles. The van der Waals surface area contributed by atoms with Crippen LogP contribution in [0.4, 0.5) is 40.9 Å². The third kappa shape index (κ3) is 10.4. The van der Waals surface area contributed by atoms with Crippen LogP contribution in [0.3, 0.4) is 0 Å². The number of pyridine rings is 1. The zero-order chi connectivity index (χ0) is 47.4. The lowest BCUT2D eigenvalue weighted by atomic mass is 9.93. The summed E-state index contributed by atoms with van der Waals surface area (Å²) >= 11 is 5.02. The fourth-order valence-electron chi connectivity index (χ4n) is 7.89. The molecule has 1 amide bonds. The molecular weight excluding hydrogens is 930 g/mol. The first kappa shape index (κ1) is 48.5. The number of carbonyl (C=O) groups excluding carboxylic acids is 1. The number of aromatic nitrogens is 3. The molecule has 11 nitrogen and oxygen atoms in total. The van der Waals surface area contributed by atoms with Crippen molar-refractivity contribution in [2.24, 2.45) is 10.7 Å². The van der Waals surface area contributed by atoms with E-state index in [1.54, 1.807) is 26.8 Å². The maximum absolute atomic E-state index is 15.0. The lowest BCUT2D eigenvalue weighted by Gasteiger charge is -2.26. The van der Waals surface area contributed by atoms with Crippen LogP contribution in [-0.2, 0) is 45.4 Å². The molecule has 0 radical (unpaired) electrons. The molecule has 4 N–H and O–H groups in total. The van der Waals surface area contributed by atoms with Crippen molar-refractivity contribution in [3.63, 3.8) is 0 Å². The number of alkyl halides is 6. The van der Waals surface area contributed by atoms with Gasteiger partial charge in [0.25, 0.3) is 18.8 Å². The molecule has 2 aromatic carbocycles. The van der Waals surface area contributed by atoms with E-state index in [9.17, 15) is 52.9 Å². The number of aryl methyl sites for hydroxylation is 1. The zero-order valence-corrected chi connectivity index (χ0v) is 37.7. The number of halogens is 9. The Bertz CT molecular complexity index is 2650. The van der Waals surface area contributed by atoms with Crippen LogP contribution in [0, 0.1) is 11.6 Å². The van der Waals surface area contributed by atoms with Gasteiger partial charge < -0.3 is 15.6 Å². The summed E-state index contributed by atoms with van der Waals surface area (Å²) in [5, 5.41) is 6.69. The van der Waals surface area contributed by atoms with E-state index in [1.807, 2.05) is 0 Å². The second-order valence-corrected chi connectivity index (χ2v) is 22.5. The van der Waals surface area contributed by atoms with Crippen molar-refractivity contribution in [3.05, 3.63) is 87.3 Å². The number of nitrogens with zero attached hydrogens (tertiary/aromatic N) is 4. The molecule has 7 rings (SSSR count). The minimum Gasteiger partial charge on any atom is -0.593 e. The summed E-state index contributed by atoms with van der Waals surface area (Å²) < 4.78 is 157. The number of hydrogen-bond donors (Lipinski definition) is 3. The Hall–Kier alpha value is -4.47. The van der Waals surface area contributed by atoms with E-state index in [2.05, 4.69) is 20.1 Å². The topological polar surface area (TPSA) is 167 Å². The molecule has 65 heavy (non-hydrogen) atoms. The highest BCUT2D eigenvalue weighted by Gasteiger charge is 2.51. The molecular formula is C43H46ClF8N7O4S2. The van der Waals surface area contributed by atoms with Crippen LogP contribution in [0.2, 0.25) is 5.02 Å². The van der Waals surface area contributed by atoms with E-state index < -0.39 is 128 Å². The minimum absolute atomic E-state index is 0.0160. The van der Waals surface area contributed by atoms with Crippen molar-refractivity contribution >= 4 is 61.1 Å². The molecule has 0 bridgehead atoms. The highest BCUT2D eigenvalue weighted by atomic mass is 35.5. The van der Waals surface area contributed by atoms with Gasteiger partial charge in [-0.15, -0.1) is 5.10 Å². The summed E-state index contributed by atoms with van der Waals surface area (Å²) in [5.74, 6) is -6.78. The summed E-state index contributed by atoms with van der Waals surface area (Å²) in [5.41, 5.74) is 3.22. The maximum atomic E-state index is 15.0. The van der Waals surface area contributed by atoms with Crippen LogP contribution in [-0.4, -0.2) is 79.4 Å². The first-order valence-corrected chi connectivity index (χ1v) is 23.8. The molecule has 3 fully saturated rings. The van der Waals surface area contributed by atoms with E-state index in [0.29, 0.717) is 31.7 Å². The zero-order valence-electron chi connectivity index (χ0n) is 35.3. The van der Waals surface area contributed by atoms with Gasteiger partial charge in [0.15, 0.2) is 9.84 Å². The summed E-state index contributed by atoms with van der Waals surface area (Å²) in [6, 6.07) is 7.17. The number of carbonyl (C=O) groups is 1. The van der Waals surface area contributed by atoms with Gasteiger partial charge in [-0.3, -0.25) is 19.5 Å². The number of hydrogen-bond acceptors (Lipinski definition) is 9. The molecule has 4 aromatic rings. The maximum Gasteiger partial charge on any atom is 0.289 e. The Labute approximate surface area is 377 Å². The predicted octanol–water partition coefficient (Wildman–Crippen LogP) is 8.96. The molecule has 3 aliphatic carbocycles. The predicted molar refractivity (Wildman–Crippen MR) is 232 cm³/mol. The largest absolute Gasteiger partial charge is 0.593 e. The van der Waals surface area contributed by atoms with Gasteiger partial charge in [-0.1, -0.05) is 23.7 Å². The van der Waals surface area contributed by atoms with Gasteiger partial charge in [-0.2, -0.15) is 13.5 Å². The van der Waals surface area contributed by atoms with E-state index in [4.69, 9.17) is 22.3 Å². The SMILES string of the molecule is CC1([S+]([O-])Nc2nn(CC(F)F)c3c(-c4ccc(CCC(C)(C)S(=O)(=O)C5CC5)nc4[C@H](Cc4cc(F)cc(F)c4)NC(=O)CN=C4C(=C(N)C(F)F)CCC4(F)F)ccc(Cl)c23)CC1. The fourth-order valence-corrected chi connectivity index (χ4v) is 11.2. The molecule has 3 saturated carbocycles. The van der Waals surface area contributed by atoms with Crippen molar-refractivity contribution in [3.8, 4) is 11.1 Å². The first-order chi connectivity index (χ1) is 30.4. The molecule has 2 aromatic heterocycles. The Balaban J connectivity index is 1.38. The standard InChI is InChI=1S/C43H46ClF8N7O4S2/c1-41(2,65(62,63)26-5-6-26)12-10-25-4-7-27(28-8-9-30(44)34-37(28)59(21-32(47)48)57-40(34)58-64(61)42(3)14-15-42)36(55-25)31(18-22-16-23(45)19-24(46)17-22)56-33(60)20-54-38-29(35(53)39(49)50)11-13-43(38,51)52/h4,7-9,16-17,19,26,31-32,39H,5-6,10-15,18,20-21,53H2,1-3H3,(H,56,60)(H,57,58)/t31-,64?/m0/s1. The van der Waals surface area contributed by atoms with Gasteiger partial charge in [0.05, 0.1) is 54.7 Å². The summed E-state index contributed by atoms with van der Waals surface area (Å²) in [6.45, 7) is 2.97. The van der Waals surface area contributed by atoms with Crippen LogP contribution in [0.15, 0.2) is 58.7 Å². The summed E-state index contributed by atoms with van der Waals surface area (Å²) in [4.78, 5) is 22.5. The average Bonchev–Trinajstić information content (AvgIpc) is 4.15. The molecule has 2 atom stereocenters. The van der Waals surface area contributed by atoms with Gasteiger partial charge >= 0.3 is 0 Å². The van der Waals surface area contributed by atoms with Crippen molar-refractivity contribution < 1.29 is 52.9 Å². The molecule has 0 saturated heterocycles. The number of sulfone groups is 1. The van der Waals surface area contributed by atoms with E-state index in [-0.39, 0.29) is 62.7 Å². The average molecular weight is 976 g/mol. The van der Waals surface area contributed by atoms with E-state index in [1.165, 1.54) is 18.2 Å². The van der Waals surface area contributed by atoms with Crippen LogP contribution < -0.4 is 15.8 Å². The normalized spacial score (nSPS) is 19.6. The smallest absolute Gasteiger partial charge is 0.289 e. The molecule has 0 aliphatic heterocycles. The van der Waals surface area contributed by atoms with Crippen LogP contribution >= 0.6 is 11.6 Å². The van der Waals surface area contributed by atoms with Crippen LogP contribution in [0.1, 0.15) is 88.7 Å². The third-order valence-corrected chi connectivity index (χ3v) is 17.1. The van der Waals surface area contributed by atoms with E-state index in [0.717, 1.165) is 16.8 Å². The molecule has 1 unspecified atom stereocenters. The molecule has 22 heteroatoms. The van der Waals surface area contributed by atoms with Crippen LogP contribution in [0.5, 0.6) is 0 Å². The lowest BCUT2D eigenvalue weighted by molar-refractivity contribution is -0.120. The third-order valence-electron chi connectivity index (χ3n) is 12.0. The van der Waals surface area contributed by atoms with Gasteiger partial charge in [-0.05, 0) is 89.1 Å². The summed E-state index contributed by atoms with van der Waals surface area (Å²) in [6.07, 6.45) is -5.58. The number of anilines is 1. The second kappa shape index (κ2) is 18.3. The number of amides is 1. The minimum atomic E-state index is -3.70. The molecule has 352 valence electrons. The monoisotopic (exact) mass is 975 g/mol. The van der Waals surface area contributed by atoms with Crippen molar-refractivity contribution in [2.75, 3.05) is 11.3 Å². The first-order valence-electron chi connectivity index (χ1n) is 20.7. The molecule has 3 aliphatic rings. The number of benzene rings is 2. The van der Waals surface area contributed by atoms with Crippen molar-refractivity contribution in [1.29, 1.82) is 0 Å². The van der Waals surface area contributed by atoms with Gasteiger partial charge in [-0.25, -0.2) is 34.8 Å². The number of allylic oxidation sites excluding steroid dienone is 2. The highest BCUT2D eigenvalue weighted by molar-refractivity contribution is 7.94. The number of nitrogens with two attached hydrogens (primary N) is 1. The number of fused-ring (bicyclic) bond motifs is 1. The van der Waals surface area contributed by atoms with E-state index >= 15 is 0 Å². The Morgan fingerprint density at radius 1 is 1.06 bits per heavy atom. The number of aliphatic imine (C=N–C) groups is 1. The Kier molecular flexibility index (Phi) is 13.7. The Morgan fingerprint density at radius 2 is 1.72 bits per heavy atom. The summed E-state index contributed by atoms with van der Waals surface area (Å²) in [7, 11) is -3.55. The number of rotatable bonds is 18. The Morgan fingerprint density at radius 3 is 2.34 bits per heavy atom. The van der Waals surface area contributed by atoms with Crippen LogP contribution in [0.25, 0.3) is 22.0 Å².